The highest BCUT2D eigenvalue weighted by molar-refractivity contribution is 5.96. The lowest BCUT2D eigenvalue weighted by molar-refractivity contribution is -0.132. The van der Waals surface area contributed by atoms with Crippen molar-refractivity contribution in [2.24, 2.45) is 0 Å². The molecule has 0 unspecified atom stereocenters. The molecule has 0 saturated carbocycles. The molecule has 10 heteroatoms. The summed E-state index contributed by atoms with van der Waals surface area (Å²) in [5, 5.41) is 8.80. The zero-order valence-electron chi connectivity index (χ0n) is 22.0. The van der Waals surface area contributed by atoms with Gasteiger partial charge in [-0.15, -0.1) is 10.2 Å². The van der Waals surface area contributed by atoms with Crippen LogP contribution in [-0.2, 0) is 9.53 Å². The molecule has 4 rings (SSSR count). The van der Waals surface area contributed by atoms with Gasteiger partial charge in [-0.1, -0.05) is 18.2 Å². The van der Waals surface area contributed by atoms with Gasteiger partial charge in [0.2, 0.25) is 5.91 Å². The number of piperazine rings is 1. The van der Waals surface area contributed by atoms with E-state index in [-0.39, 0.29) is 18.4 Å². The van der Waals surface area contributed by atoms with Crippen LogP contribution in [0.2, 0.25) is 0 Å². The van der Waals surface area contributed by atoms with E-state index < -0.39 is 0 Å². The summed E-state index contributed by atoms with van der Waals surface area (Å²) < 4.78 is 15.7. The van der Waals surface area contributed by atoms with E-state index in [4.69, 9.17) is 14.2 Å². The number of nitrogens with zero attached hydrogens (tertiary/aromatic N) is 5. The number of hydrogen-bond acceptors (Lipinski definition) is 8. The molecule has 1 fully saturated rings. The van der Waals surface area contributed by atoms with Crippen LogP contribution in [0.4, 0.5) is 5.82 Å². The van der Waals surface area contributed by atoms with Crippen LogP contribution in [0.3, 0.4) is 0 Å². The summed E-state index contributed by atoms with van der Waals surface area (Å²) in [5.41, 5.74) is 2.16. The van der Waals surface area contributed by atoms with Crippen LogP contribution >= 0.6 is 0 Å². The van der Waals surface area contributed by atoms with Crippen LogP contribution in [0, 0.1) is 0 Å². The first-order chi connectivity index (χ1) is 18.5. The summed E-state index contributed by atoms with van der Waals surface area (Å²) in [7, 11) is 4.76. The van der Waals surface area contributed by atoms with Crippen LogP contribution in [0.15, 0.2) is 60.7 Å². The molecule has 0 radical (unpaired) electrons. The summed E-state index contributed by atoms with van der Waals surface area (Å²) >= 11 is 0. The van der Waals surface area contributed by atoms with Gasteiger partial charge in [0.05, 0.1) is 26.5 Å². The topological polar surface area (TPSA) is 97.3 Å². The number of benzene rings is 2. The lowest BCUT2D eigenvalue weighted by Crippen LogP contribution is -2.52. The second kappa shape index (κ2) is 12.9. The molecular formula is C28H33N5O5. The number of carbonyl (C=O) groups is 2. The second-order valence-electron chi connectivity index (χ2n) is 8.83. The highest BCUT2D eigenvalue weighted by atomic mass is 16.5. The third-order valence-electron chi connectivity index (χ3n) is 6.47. The highest BCUT2D eigenvalue weighted by Crippen LogP contribution is 2.23. The van der Waals surface area contributed by atoms with Gasteiger partial charge in [-0.05, 0) is 42.5 Å². The number of amides is 2. The number of rotatable bonds is 10. The van der Waals surface area contributed by atoms with E-state index in [1.165, 1.54) is 4.90 Å². The Bertz CT molecular complexity index is 1230. The van der Waals surface area contributed by atoms with Gasteiger partial charge in [0.1, 0.15) is 18.0 Å². The van der Waals surface area contributed by atoms with E-state index in [1.807, 2.05) is 36.4 Å². The Balaban J connectivity index is 1.35. The molecule has 2 amide bonds. The Morgan fingerprint density at radius 2 is 1.58 bits per heavy atom. The molecule has 1 aliphatic heterocycles. The molecule has 1 aliphatic rings. The maximum Gasteiger partial charge on any atom is 0.254 e. The van der Waals surface area contributed by atoms with Crippen LogP contribution < -0.4 is 14.4 Å². The van der Waals surface area contributed by atoms with Crippen molar-refractivity contribution in [3.63, 3.8) is 0 Å². The molecule has 2 aromatic carbocycles. The molecule has 10 nitrogen and oxygen atoms in total. The lowest BCUT2D eigenvalue weighted by atomic mass is 10.1. The van der Waals surface area contributed by atoms with Crippen molar-refractivity contribution < 1.29 is 23.8 Å². The summed E-state index contributed by atoms with van der Waals surface area (Å²) in [6.07, 6.45) is 0. The Labute approximate surface area is 222 Å². The third-order valence-corrected chi connectivity index (χ3v) is 6.47. The van der Waals surface area contributed by atoms with Gasteiger partial charge in [-0.3, -0.25) is 9.59 Å². The Morgan fingerprint density at radius 1 is 0.868 bits per heavy atom. The van der Waals surface area contributed by atoms with Gasteiger partial charge in [-0.2, -0.15) is 0 Å². The maximum absolute atomic E-state index is 13.2. The molecule has 38 heavy (non-hydrogen) atoms. The molecule has 0 spiro atoms. The fourth-order valence-electron chi connectivity index (χ4n) is 4.27. The lowest BCUT2D eigenvalue weighted by Gasteiger charge is -2.36. The van der Waals surface area contributed by atoms with Gasteiger partial charge in [-0.25, -0.2) is 0 Å². The van der Waals surface area contributed by atoms with Crippen molar-refractivity contribution in [3.8, 4) is 22.8 Å². The fraction of sp³-hybridized carbons (Fsp3) is 0.357. The van der Waals surface area contributed by atoms with Gasteiger partial charge in [0.15, 0.2) is 5.82 Å². The first kappa shape index (κ1) is 26.9. The number of aromatic nitrogens is 2. The smallest absolute Gasteiger partial charge is 0.254 e. The first-order valence-corrected chi connectivity index (χ1v) is 12.5. The average Bonchev–Trinajstić information content (AvgIpc) is 2.99. The Morgan fingerprint density at radius 3 is 2.24 bits per heavy atom. The quantitative estimate of drug-likeness (QED) is 0.403. The van der Waals surface area contributed by atoms with Crippen molar-refractivity contribution in [3.05, 3.63) is 66.2 Å². The number of ether oxygens (including phenoxy) is 3. The van der Waals surface area contributed by atoms with Gasteiger partial charge >= 0.3 is 0 Å². The number of carbonyl (C=O) groups excluding carboxylic acids is 2. The minimum Gasteiger partial charge on any atom is -0.497 e. The largest absolute Gasteiger partial charge is 0.497 e. The van der Waals surface area contributed by atoms with Crippen LogP contribution in [0.1, 0.15) is 10.4 Å². The SMILES string of the molecule is COCCN(CC(=O)N1CCN(c2ccc(-c3cccc(OC)c3)nn2)CC1)C(=O)c1cccc(OC)c1. The van der Waals surface area contributed by atoms with Gasteiger partial charge < -0.3 is 28.9 Å². The minimum atomic E-state index is -0.237. The summed E-state index contributed by atoms with van der Waals surface area (Å²) in [6.45, 7) is 2.94. The predicted octanol–water partition coefficient (Wildman–Crippen LogP) is 2.60. The molecular weight excluding hydrogens is 486 g/mol. The van der Waals surface area contributed by atoms with Crippen molar-refractivity contribution in [2.45, 2.75) is 0 Å². The van der Waals surface area contributed by atoms with E-state index >= 15 is 0 Å². The van der Waals surface area contributed by atoms with Crippen molar-refractivity contribution in [1.29, 1.82) is 0 Å². The zero-order valence-corrected chi connectivity index (χ0v) is 22.0. The van der Waals surface area contributed by atoms with Crippen molar-refractivity contribution in [1.82, 2.24) is 20.0 Å². The second-order valence-corrected chi connectivity index (χ2v) is 8.83. The van der Waals surface area contributed by atoms with E-state index in [0.717, 1.165) is 22.8 Å². The number of methoxy groups -OCH3 is 3. The molecule has 3 aromatic rings. The fourth-order valence-corrected chi connectivity index (χ4v) is 4.27. The van der Waals surface area contributed by atoms with E-state index in [9.17, 15) is 9.59 Å². The van der Waals surface area contributed by atoms with E-state index in [1.54, 1.807) is 50.5 Å². The molecule has 1 saturated heterocycles. The van der Waals surface area contributed by atoms with Crippen molar-refractivity contribution in [2.75, 3.05) is 72.1 Å². The molecule has 200 valence electrons. The van der Waals surface area contributed by atoms with Gasteiger partial charge in [0, 0.05) is 51.0 Å². The Hall–Kier alpha value is -4.18. The Kier molecular flexibility index (Phi) is 9.10. The monoisotopic (exact) mass is 519 g/mol. The number of anilines is 1. The summed E-state index contributed by atoms with van der Waals surface area (Å²) in [6, 6.07) is 18.5. The van der Waals surface area contributed by atoms with Crippen LogP contribution in [0.5, 0.6) is 11.5 Å². The first-order valence-electron chi connectivity index (χ1n) is 12.5. The summed E-state index contributed by atoms with van der Waals surface area (Å²) in [4.78, 5) is 31.7. The molecule has 1 aromatic heterocycles. The van der Waals surface area contributed by atoms with E-state index in [2.05, 4.69) is 15.1 Å². The van der Waals surface area contributed by atoms with Gasteiger partial charge in [0.25, 0.3) is 5.91 Å². The number of hydrogen-bond donors (Lipinski definition) is 0. The highest BCUT2D eigenvalue weighted by Gasteiger charge is 2.26. The van der Waals surface area contributed by atoms with Crippen LogP contribution in [-0.4, -0.2) is 99.0 Å². The molecule has 0 bridgehead atoms. The van der Waals surface area contributed by atoms with Crippen molar-refractivity contribution >= 4 is 17.6 Å². The molecule has 0 N–H and O–H groups in total. The predicted molar refractivity (Wildman–Crippen MR) is 144 cm³/mol. The normalized spacial score (nSPS) is 13.2. The minimum absolute atomic E-state index is 0.0194. The standard InChI is InChI=1S/C28H33N5O5/c1-36-17-16-33(28(35)22-7-5-9-24(19-22)38-3)20-27(34)32-14-12-31(13-15-32)26-11-10-25(29-30-26)21-6-4-8-23(18-21)37-2/h4-11,18-19H,12-17,20H2,1-3H3. The maximum atomic E-state index is 13.2. The molecule has 0 aliphatic carbocycles. The molecule has 0 atom stereocenters. The average molecular weight is 520 g/mol. The molecule has 2 heterocycles. The summed E-state index contributed by atoms with van der Waals surface area (Å²) in [5.74, 6) is 1.78. The van der Waals surface area contributed by atoms with Crippen LogP contribution in [0.25, 0.3) is 11.3 Å². The zero-order chi connectivity index (χ0) is 26.9. The van der Waals surface area contributed by atoms with E-state index in [0.29, 0.717) is 50.6 Å². The third kappa shape index (κ3) is 6.57.